The highest BCUT2D eigenvalue weighted by Crippen LogP contribution is 2.42. The van der Waals surface area contributed by atoms with Gasteiger partial charge >= 0.3 is 0 Å². The summed E-state index contributed by atoms with van der Waals surface area (Å²) < 4.78 is 6.15. The molecule has 1 aromatic heterocycles. The Morgan fingerprint density at radius 2 is 1.53 bits per heavy atom. The quantitative estimate of drug-likeness (QED) is 0.221. The molecule has 0 saturated heterocycles. The number of hydrogen-bond acceptors (Lipinski definition) is 3. The minimum atomic E-state index is -0.0824. The van der Waals surface area contributed by atoms with Crippen molar-refractivity contribution in [3.8, 4) is 23.1 Å². The fraction of sp³-hybridized carbons (Fsp3) is 0.636. The van der Waals surface area contributed by atoms with Crippen molar-refractivity contribution in [3.05, 3.63) is 48.2 Å². The Kier molecular flexibility index (Phi) is 12.3. The zero-order chi connectivity index (χ0) is 25.5. The van der Waals surface area contributed by atoms with E-state index >= 15 is 0 Å². The third-order valence-electron chi connectivity index (χ3n) is 8.09. The van der Waals surface area contributed by atoms with Gasteiger partial charge in [-0.2, -0.15) is 5.26 Å². The van der Waals surface area contributed by atoms with Gasteiger partial charge in [-0.05, 0) is 86.8 Å². The molecule has 2 aromatic rings. The van der Waals surface area contributed by atoms with Gasteiger partial charge in [0.25, 0.3) is 0 Å². The number of aromatic nitrogens is 1. The van der Waals surface area contributed by atoms with Crippen LogP contribution < -0.4 is 4.74 Å². The van der Waals surface area contributed by atoms with Crippen molar-refractivity contribution in [1.29, 1.82) is 5.26 Å². The van der Waals surface area contributed by atoms with Crippen LogP contribution in [0.25, 0.3) is 11.3 Å². The van der Waals surface area contributed by atoms with E-state index in [1.54, 1.807) is 0 Å². The molecular formula is C33H48N2O. The smallest absolute Gasteiger partial charge is 0.119 e. The van der Waals surface area contributed by atoms with E-state index in [1.165, 1.54) is 69.8 Å². The van der Waals surface area contributed by atoms with Gasteiger partial charge in [-0.3, -0.25) is 4.98 Å². The van der Waals surface area contributed by atoms with Crippen LogP contribution in [-0.4, -0.2) is 11.6 Å². The molecule has 0 unspecified atom stereocenters. The molecule has 0 bridgehead atoms. The highest BCUT2D eigenvalue weighted by molar-refractivity contribution is 5.60. The molecule has 1 heterocycles. The molecule has 0 radical (unpaired) electrons. The number of benzene rings is 1. The highest BCUT2D eigenvalue weighted by atomic mass is 16.5. The normalized spacial score (nSPS) is 19.6. The van der Waals surface area contributed by atoms with Gasteiger partial charge < -0.3 is 4.74 Å². The number of nitrogens with zero attached hydrogens (tertiary/aromatic N) is 2. The van der Waals surface area contributed by atoms with Gasteiger partial charge in [0, 0.05) is 11.8 Å². The van der Waals surface area contributed by atoms with Gasteiger partial charge in [-0.25, -0.2) is 0 Å². The fourth-order valence-corrected chi connectivity index (χ4v) is 5.49. The molecule has 36 heavy (non-hydrogen) atoms. The van der Waals surface area contributed by atoms with Crippen molar-refractivity contribution < 1.29 is 4.74 Å². The Morgan fingerprint density at radius 1 is 0.861 bits per heavy atom. The number of rotatable bonds is 16. The lowest BCUT2D eigenvalue weighted by molar-refractivity contribution is 0.144. The maximum atomic E-state index is 9.88. The molecule has 1 aromatic carbocycles. The summed E-state index contributed by atoms with van der Waals surface area (Å²) in [6.07, 6.45) is 21.5. The van der Waals surface area contributed by atoms with Crippen LogP contribution in [0, 0.1) is 22.7 Å². The van der Waals surface area contributed by atoms with Gasteiger partial charge in [0.05, 0.1) is 23.8 Å². The van der Waals surface area contributed by atoms with E-state index in [2.05, 4.69) is 56.3 Å². The Balaban J connectivity index is 1.38. The van der Waals surface area contributed by atoms with Crippen molar-refractivity contribution >= 4 is 0 Å². The van der Waals surface area contributed by atoms with Crippen molar-refractivity contribution in [1.82, 2.24) is 4.98 Å². The Morgan fingerprint density at radius 3 is 2.17 bits per heavy atom. The lowest BCUT2D eigenvalue weighted by Crippen LogP contribution is -2.28. The second kappa shape index (κ2) is 15.7. The van der Waals surface area contributed by atoms with Gasteiger partial charge in [0.1, 0.15) is 5.75 Å². The molecule has 1 fully saturated rings. The predicted molar refractivity (Wildman–Crippen MR) is 151 cm³/mol. The molecule has 3 heteroatoms. The van der Waals surface area contributed by atoms with Crippen molar-refractivity contribution in [2.75, 3.05) is 6.61 Å². The molecule has 0 aliphatic heterocycles. The van der Waals surface area contributed by atoms with Crippen LogP contribution in [0.1, 0.15) is 116 Å². The summed E-state index contributed by atoms with van der Waals surface area (Å²) in [5, 5.41) is 9.88. The Labute approximate surface area is 220 Å². The Hall–Kier alpha value is -2.34. The first-order chi connectivity index (χ1) is 17.7. The summed E-state index contributed by atoms with van der Waals surface area (Å²) in [6.45, 7) is 5.26. The van der Waals surface area contributed by atoms with Crippen LogP contribution in [0.5, 0.6) is 5.75 Å². The summed E-state index contributed by atoms with van der Waals surface area (Å²) in [7, 11) is 0. The van der Waals surface area contributed by atoms with E-state index in [4.69, 9.17) is 9.72 Å². The summed E-state index contributed by atoms with van der Waals surface area (Å²) in [5.41, 5.74) is 3.39. The van der Waals surface area contributed by atoms with Crippen LogP contribution in [-0.2, 0) is 6.42 Å². The van der Waals surface area contributed by atoms with Crippen LogP contribution in [0.3, 0.4) is 0 Å². The van der Waals surface area contributed by atoms with Gasteiger partial charge in [-0.15, -0.1) is 0 Å². The first kappa shape index (κ1) is 28.2. The minimum absolute atomic E-state index is 0.0824. The molecule has 1 saturated carbocycles. The first-order valence-corrected chi connectivity index (χ1v) is 14.8. The summed E-state index contributed by atoms with van der Waals surface area (Å²) >= 11 is 0. The molecule has 0 N–H and O–H groups in total. The SMILES string of the molecule is CCCCCCCCC1(C#N)CCC(COc2ccc(-c3ccc(CCCCCC)cn3)cc2)CC1. The molecule has 0 spiro atoms. The maximum absolute atomic E-state index is 9.88. The van der Waals surface area contributed by atoms with Crippen LogP contribution in [0.15, 0.2) is 42.6 Å². The predicted octanol–water partition coefficient (Wildman–Crippen LogP) is 9.70. The standard InChI is InChI=1S/C33H48N2O/c1-3-5-7-9-10-12-22-33(27-34)23-20-29(21-24-33)26-36-31-17-15-30(16-18-31)32-19-14-28(25-35-32)13-11-8-6-4-2/h14-19,25,29H,3-13,20-24,26H2,1-2H3. The lowest BCUT2D eigenvalue weighted by Gasteiger charge is -2.35. The van der Waals surface area contributed by atoms with Gasteiger partial charge in [0.15, 0.2) is 0 Å². The number of unbranched alkanes of at least 4 members (excludes halogenated alkanes) is 8. The lowest BCUT2D eigenvalue weighted by atomic mass is 9.69. The average Bonchev–Trinajstić information content (AvgIpc) is 2.93. The highest BCUT2D eigenvalue weighted by Gasteiger charge is 2.35. The molecule has 3 nitrogen and oxygen atoms in total. The van der Waals surface area contributed by atoms with E-state index in [1.807, 2.05) is 6.20 Å². The minimum Gasteiger partial charge on any atom is -0.493 e. The summed E-state index contributed by atoms with van der Waals surface area (Å²) in [4.78, 5) is 4.69. The molecule has 0 atom stereocenters. The van der Waals surface area contributed by atoms with Crippen molar-refractivity contribution in [2.45, 2.75) is 117 Å². The monoisotopic (exact) mass is 488 g/mol. The van der Waals surface area contributed by atoms with E-state index < -0.39 is 0 Å². The van der Waals surface area contributed by atoms with E-state index in [0.717, 1.165) is 62.1 Å². The first-order valence-electron chi connectivity index (χ1n) is 14.8. The average molecular weight is 489 g/mol. The zero-order valence-corrected chi connectivity index (χ0v) is 22.9. The number of aryl methyl sites for hydroxylation is 1. The molecule has 1 aliphatic carbocycles. The molecular weight excluding hydrogens is 440 g/mol. The number of pyridine rings is 1. The van der Waals surface area contributed by atoms with E-state index in [0.29, 0.717) is 5.92 Å². The van der Waals surface area contributed by atoms with Crippen LogP contribution >= 0.6 is 0 Å². The number of ether oxygens (including phenoxy) is 1. The molecule has 0 amide bonds. The second-order valence-corrected chi connectivity index (χ2v) is 11.1. The summed E-state index contributed by atoms with van der Waals surface area (Å²) in [5.74, 6) is 1.48. The Bertz CT molecular complexity index is 889. The summed E-state index contributed by atoms with van der Waals surface area (Å²) in [6, 6.07) is 15.4. The third kappa shape index (κ3) is 9.27. The van der Waals surface area contributed by atoms with Crippen LogP contribution in [0.4, 0.5) is 0 Å². The fourth-order valence-electron chi connectivity index (χ4n) is 5.49. The van der Waals surface area contributed by atoms with Crippen molar-refractivity contribution in [2.24, 2.45) is 11.3 Å². The van der Waals surface area contributed by atoms with Gasteiger partial charge in [0.2, 0.25) is 0 Å². The zero-order valence-electron chi connectivity index (χ0n) is 22.9. The third-order valence-corrected chi connectivity index (χ3v) is 8.09. The van der Waals surface area contributed by atoms with Gasteiger partial charge in [-0.1, -0.05) is 77.7 Å². The van der Waals surface area contributed by atoms with E-state index in [9.17, 15) is 5.26 Å². The molecule has 3 rings (SSSR count). The molecule has 196 valence electrons. The topological polar surface area (TPSA) is 45.9 Å². The van der Waals surface area contributed by atoms with Crippen molar-refractivity contribution in [3.63, 3.8) is 0 Å². The van der Waals surface area contributed by atoms with E-state index in [-0.39, 0.29) is 5.41 Å². The largest absolute Gasteiger partial charge is 0.493 e. The second-order valence-electron chi connectivity index (χ2n) is 11.1. The van der Waals surface area contributed by atoms with Crippen LogP contribution in [0.2, 0.25) is 0 Å². The number of nitriles is 1. The maximum Gasteiger partial charge on any atom is 0.119 e. The number of hydrogen-bond donors (Lipinski definition) is 0. The molecule has 1 aliphatic rings.